The topological polar surface area (TPSA) is 126 Å². The van der Waals surface area contributed by atoms with E-state index in [9.17, 15) is 15.3 Å². The van der Waals surface area contributed by atoms with Crippen LogP contribution in [0.2, 0.25) is 0 Å². The highest BCUT2D eigenvalue weighted by atomic mass is 127. The lowest BCUT2D eigenvalue weighted by Gasteiger charge is -2.23. The molecule has 2 unspecified atom stereocenters. The van der Waals surface area contributed by atoms with Gasteiger partial charge in [0.05, 0.1) is 12.9 Å². The molecule has 1 aliphatic heterocycles. The number of hydrogen-bond acceptors (Lipinski definition) is 8. The van der Waals surface area contributed by atoms with Crippen LogP contribution in [0.4, 0.5) is 5.82 Å². The fraction of sp³-hybridized carbons (Fsp3) is 0.706. The third-order valence-corrected chi connectivity index (χ3v) is 6.73. The number of imidazole rings is 1. The minimum atomic E-state index is -1.17. The van der Waals surface area contributed by atoms with Crippen molar-refractivity contribution in [1.82, 2.24) is 19.5 Å². The van der Waals surface area contributed by atoms with Gasteiger partial charge in [-0.2, -0.15) is 0 Å². The molecule has 10 heteroatoms. The molecule has 3 heterocycles. The minimum absolute atomic E-state index is 0.370. The molecule has 0 radical (unpaired) electrons. The Kier molecular flexibility index (Phi) is 4.50. The second kappa shape index (κ2) is 6.76. The Hall–Kier alpha value is -1.08. The van der Waals surface area contributed by atoms with Crippen LogP contribution in [0.15, 0.2) is 6.33 Å². The average Bonchev–Trinajstić information content (AvgIpc) is 3.41. The number of rotatable bonds is 4. The molecule has 2 aromatic rings. The quantitative estimate of drug-likeness (QED) is 0.366. The molecule has 2 bridgehead atoms. The molecule has 3 fully saturated rings. The van der Waals surface area contributed by atoms with Crippen LogP contribution in [0.5, 0.6) is 0 Å². The Labute approximate surface area is 169 Å². The van der Waals surface area contributed by atoms with E-state index in [0.717, 1.165) is 5.92 Å². The first-order valence-electron chi connectivity index (χ1n) is 9.34. The summed E-state index contributed by atoms with van der Waals surface area (Å²) in [5.41, 5.74) is 1.16. The fourth-order valence-corrected chi connectivity index (χ4v) is 5.35. The first-order valence-corrected chi connectivity index (χ1v) is 10.4. The Morgan fingerprint density at radius 2 is 2.07 bits per heavy atom. The molecule has 27 heavy (non-hydrogen) atoms. The molecule has 5 rings (SSSR count). The molecule has 9 nitrogen and oxygen atoms in total. The maximum absolute atomic E-state index is 10.3. The molecule has 0 aromatic carbocycles. The Balaban J connectivity index is 1.48. The Bertz CT molecular complexity index is 863. The van der Waals surface area contributed by atoms with E-state index < -0.39 is 24.5 Å². The SMILES string of the molecule is OC[C@H]1O[C@@H](n2cnc3c(N[C@H]4CC5CCC4C5)nc(I)nc32)[C@H](O)[C@@H]1O. The summed E-state index contributed by atoms with van der Waals surface area (Å²) in [4.78, 5) is 13.5. The Morgan fingerprint density at radius 3 is 2.74 bits per heavy atom. The van der Waals surface area contributed by atoms with Crippen LogP contribution in [0.25, 0.3) is 11.2 Å². The highest BCUT2D eigenvalue weighted by Crippen LogP contribution is 2.45. The molecule has 2 saturated carbocycles. The van der Waals surface area contributed by atoms with Crippen molar-refractivity contribution < 1.29 is 20.1 Å². The number of anilines is 1. The zero-order valence-electron chi connectivity index (χ0n) is 14.6. The number of nitrogens with one attached hydrogen (secondary N) is 1. The van der Waals surface area contributed by atoms with Gasteiger partial charge in [0, 0.05) is 28.6 Å². The van der Waals surface area contributed by atoms with E-state index in [-0.39, 0.29) is 6.61 Å². The third kappa shape index (κ3) is 2.92. The largest absolute Gasteiger partial charge is 0.394 e. The number of ether oxygens (including phenoxy) is 1. The molecule has 0 spiro atoms. The summed E-state index contributed by atoms with van der Waals surface area (Å²) in [6.45, 7) is -0.370. The molecule has 146 valence electrons. The molecule has 4 N–H and O–H groups in total. The molecule has 3 aliphatic rings. The second-order valence-corrected chi connectivity index (χ2v) is 8.78. The van der Waals surface area contributed by atoms with E-state index in [1.54, 1.807) is 10.9 Å². The van der Waals surface area contributed by atoms with E-state index >= 15 is 0 Å². The number of aromatic nitrogens is 4. The number of fused-ring (bicyclic) bond motifs is 3. The maximum atomic E-state index is 10.3. The van der Waals surface area contributed by atoms with Crippen LogP contribution in [-0.2, 0) is 4.74 Å². The molecule has 7 atom stereocenters. The zero-order chi connectivity index (χ0) is 18.7. The van der Waals surface area contributed by atoms with Gasteiger partial charge in [0.15, 0.2) is 27.0 Å². The van der Waals surface area contributed by atoms with Crippen molar-refractivity contribution in [2.75, 3.05) is 11.9 Å². The lowest BCUT2D eigenvalue weighted by atomic mass is 9.95. The predicted octanol–water partition coefficient (Wildman–Crippen LogP) is 0.643. The van der Waals surface area contributed by atoms with Gasteiger partial charge >= 0.3 is 0 Å². The van der Waals surface area contributed by atoms with Crippen LogP contribution in [0.1, 0.15) is 31.9 Å². The average molecular weight is 487 g/mol. The fourth-order valence-electron chi connectivity index (χ4n) is 4.88. The van der Waals surface area contributed by atoms with Gasteiger partial charge < -0.3 is 25.4 Å². The van der Waals surface area contributed by atoms with Crippen molar-refractivity contribution in [3.05, 3.63) is 10.2 Å². The standard InChI is InChI=1S/C17H22IN5O4/c18-17-21-14(20-9-4-7-1-2-8(9)3-7)11-15(22-17)23(6-19-11)16-13(26)12(25)10(5-24)27-16/h6-10,12-13,16,24-26H,1-5H2,(H,20,21,22)/t7?,8?,9-,10+,12+,13+,16+/m0/s1. The normalized spacial score (nSPS) is 38.1. The van der Waals surface area contributed by atoms with Crippen molar-refractivity contribution in [1.29, 1.82) is 0 Å². The van der Waals surface area contributed by atoms with E-state index in [2.05, 4.69) is 42.9 Å². The number of nitrogens with zero attached hydrogens (tertiary/aromatic N) is 4. The molecule has 2 aliphatic carbocycles. The Morgan fingerprint density at radius 1 is 1.22 bits per heavy atom. The third-order valence-electron chi connectivity index (χ3n) is 6.25. The van der Waals surface area contributed by atoms with Gasteiger partial charge in [0.25, 0.3) is 0 Å². The van der Waals surface area contributed by atoms with Gasteiger partial charge in [-0.1, -0.05) is 6.42 Å². The highest BCUT2D eigenvalue weighted by Gasteiger charge is 2.44. The lowest BCUT2D eigenvalue weighted by molar-refractivity contribution is -0.0511. The molecule has 0 amide bonds. The predicted molar refractivity (Wildman–Crippen MR) is 104 cm³/mol. The van der Waals surface area contributed by atoms with Crippen LogP contribution >= 0.6 is 22.6 Å². The van der Waals surface area contributed by atoms with Gasteiger partial charge in [-0.05, 0) is 31.1 Å². The van der Waals surface area contributed by atoms with Gasteiger partial charge in [-0.25, -0.2) is 15.0 Å². The van der Waals surface area contributed by atoms with Crippen molar-refractivity contribution >= 4 is 39.6 Å². The lowest BCUT2D eigenvalue weighted by Crippen LogP contribution is -2.33. The van der Waals surface area contributed by atoms with Crippen molar-refractivity contribution in [2.45, 2.75) is 56.3 Å². The molecular weight excluding hydrogens is 465 g/mol. The first-order chi connectivity index (χ1) is 13.0. The summed E-state index contributed by atoms with van der Waals surface area (Å²) >= 11 is 2.07. The van der Waals surface area contributed by atoms with Gasteiger partial charge in [-0.3, -0.25) is 4.57 Å². The maximum Gasteiger partial charge on any atom is 0.194 e. The summed E-state index contributed by atoms with van der Waals surface area (Å²) in [6.07, 6.45) is 2.58. The zero-order valence-corrected chi connectivity index (χ0v) is 16.7. The smallest absolute Gasteiger partial charge is 0.194 e. The summed E-state index contributed by atoms with van der Waals surface area (Å²) in [5, 5.41) is 33.3. The monoisotopic (exact) mass is 487 g/mol. The van der Waals surface area contributed by atoms with Crippen LogP contribution in [0.3, 0.4) is 0 Å². The number of halogens is 1. The van der Waals surface area contributed by atoms with Gasteiger partial charge in [-0.15, -0.1) is 0 Å². The summed E-state index contributed by atoms with van der Waals surface area (Å²) in [5.74, 6) is 2.22. The molecular formula is C17H22IN5O4. The molecule has 2 aromatic heterocycles. The number of aliphatic hydroxyl groups excluding tert-OH is 3. The summed E-state index contributed by atoms with van der Waals surface area (Å²) in [6, 6.07) is 0.414. The van der Waals surface area contributed by atoms with Crippen molar-refractivity contribution in [3.63, 3.8) is 0 Å². The van der Waals surface area contributed by atoms with Crippen LogP contribution in [0, 0.1) is 15.7 Å². The van der Waals surface area contributed by atoms with Gasteiger partial charge in [0.2, 0.25) is 0 Å². The van der Waals surface area contributed by atoms with E-state index in [0.29, 0.717) is 32.8 Å². The van der Waals surface area contributed by atoms with E-state index in [1.165, 1.54) is 25.7 Å². The minimum Gasteiger partial charge on any atom is -0.394 e. The molecule has 1 saturated heterocycles. The van der Waals surface area contributed by atoms with Crippen molar-refractivity contribution in [2.24, 2.45) is 11.8 Å². The van der Waals surface area contributed by atoms with Crippen LogP contribution < -0.4 is 5.32 Å². The van der Waals surface area contributed by atoms with Crippen LogP contribution in [-0.4, -0.2) is 65.8 Å². The summed E-state index contributed by atoms with van der Waals surface area (Å²) < 4.78 is 7.81. The highest BCUT2D eigenvalue weighted by molar-refractivity contribution is 14.1. The van der Waals surface area contributed by atoms with E-state index in [4.69, 9.17) is 4.74 Å². The first kappa shape index (κ1) is 18.0. The summed E-state index contributed by atoms with van der Waals surface area (Å²) in [7, 11) is 0. The van der Waals surface area contributed by atoms with Crippen molar-refractivity contribution in [3.8, 4) is 0 Å². The second-order valence-electron chi connectivity index (χ2n) is 7.82. The van der Waals surface area contributed by atoms with Gasteiger partial charge in [0.1, 0.15) is 18.3 Å². The number of aliphatic hydroxyl groups is 3. The van der Waals surface area contributed by atoms with E-state index in [1.807, 2.05) is 0 Å². The number of hydrogen-bond donors (Lipinski definition) is 4.